The van der Waals surface area contributed by atoms with Crippen LogP contribution >= 0.6 is 0 Å². The molecule has 0 amide bonds. The second-order valence-electron chi connectivity index (χ2n) is 5.48. The van der Waals surface area contributed by atoms with Gasteiger partial charge in [-0.25, -0.2) is 19.3 Å². The maximum atomic E-state index is 10.9. The van der Waals surface area contributed by atoms with E-state index in [-0.39, 0.29) is 0 Å². The molecule has 1 aromatic heterocycles. The lowest BCUT2D eigenvalue weighted by Gasteiger charge is -2.27. The second kappa shape index (κ2) is 5.57. The standard InChI is InChI=1S/C16H16N4O2/c1-20(11-12-2-4-13(5-3-12)16(21)22)9-8-19-15(20)10-14-17-6-7-18-14/h2-9H,10-11H2,1H3,(H-,17,18,21,22)/p+1. The average molecular weight is 297 g/mol. The summed E-state index contributed by atoms with van der Waals surface area (Å²) in [7, 11) is 2.08. The first-order valence-electron chi connectivity index (χ1n) is 6.97. The summed E-state index contributed by atoms with van der Waals surface area (Å²) in [4.78, 5) is 22.7. The van der Waals surface area contributed by atoms with Crippen LogP contribution in [0.15, 0.2) is 54.1 Å². The lowest BCUT2D eigenvalue weighted by atomic mass is 10.1. The molecular formula is C16H17N4O2+. The third-order valence-corrected chi connectivity index (χ3v) is 3.80. The van der Waals surface area contributed by atoms with Crippen LogP contribution in [-0.4, -0.2) is 38.4 Å². The Kier molecular flexibility index (Phi) is 3.60. The van der Waals surface area contributed by atoms with Crippen molar-refractivity contribution in [1.29, 1.82) is 0 Å². The van der Waals surface area contributed by atoms with Gasteiger partial charge >= 0.3 is 5.97 Å². The summed E-state index contributed by atoms with van der Waals surface area (Å²) in [5, 5.41) is 8.95. The van der Waals surface area contributed by atoms with Crippen molar-refractivity contribution in [2.75, 3.05) is 7.05 Å². The highest BCUT2D eigenvalue weighted by Crippen LogP contribution is 2.21. The molecule has 1 aliphatic heterocycles. The van der Waals surface area contributed by atoms with Crippen molar-refractivity contribution in [3.8, 4) is 0 Å². The van der Waals surface area contributed by atoms with E-state index in [4.69, 9.17) is 5.11 Å². The molecule has 6 heteroatoms. The molecule has 2 aromatic rings. The molecule has 0 bridgehead atoms. The first-order valence-corrected chi connectivity index (χ1v) is 6.97. The van der Waals surface area contributed by atoms with Crippen LogP contribution in [0.25, 0.3) is 0 Å². The van der Waals surface area contributed by atoms with Crippen LogP contribution in [0, 0.1) is 0 Å². The van der Waals surface area contributed by atoms with Crippen LogP contribution in [0.5, 0.6) is 0 Å². The molecule has 0 saturated carbocycles. The predicted molar refractivity (Wildman–Crippen MR) is 82.2 cm³/mol. The van der Waals surface area contributed by atoms with Crippen LogP contribution in [-0.2, 0) is 13.0 Å². The lowest BCUT2D eigenvalue weighted by Crippen LogP contribution is -2.42. The van der Waals surface area contributed by atoms with E-state index >= 15 is 0 Å². The van der Waals surface area contributed by atoms with Gasteiger partial charge in [-0.2, -0.15) is 0 Å². The number of aromatic carboxylic acids is 1. The summed E-state index contributed by atoms with van der Waals surface area (Å²) < 4.78 is 0.563. The van der Waals surface area contributed by atoms with Gasteiger partial charge in [0.1, 0.15) is 25.0 Å². The van der Waals surface area contributed by atoms with Crippen LogP contribution in [0.4, 0.5) is 0 Å². The fourth-order valence-corrected chi connectivity index (χ4v) is 2.53. The molecule has 0 saturated heterocycles. The highest BCUT2D eigenvalue weighted by molar-refractivity contribution is 5.87. The minimum absolute atomic E-state index is 0.299. The van der Waals surface area contributed by atoms with Crippen molar-refractivity contribution < 1.29 is 14.4 Å². The topological polar surface area (TPSA) is 78.3 Å². The lowest BCUT2D eigenvalue weighted by molar-refractivity contribution is -0.779. The second-order valence-corrected chi connectivity index (χ2v) is 5.48. The van der Waals surface area contributed by atoms with Gasteiger partial charge in [0.25, 0.3) is 0 Å². The molecule has 6 nitrogen and oxygen atoms in total. The third kappa shape index (κ3) is 2.82. The number of quaternary nitrogens is 1. The molecule has 1 atom stereocenters. The average Bonchev–Trinajstić information content (AvgIpc) is 3.11. The number of benzene rings is 1. The van der Waals surface area contributed by atoms with Gasteiger partial charge in [-0.3, -0.25) is 0 Å². The molecule has 1 aliphatic rings. The normalized spacial score (nSPS) is 20.1. The number of carbonyl (C=O) groups is 1. The molecular weight excluding hydrogens is 280 g/mol. The van der Waals surface area contributed by atoms with Gasteiger partial charge in [0.05, 0.1) is 18.8 Å². The van der Waals surface area contributed by atoms with E-state index in [0.29, 0.717) is 16.5 Å². The Morgan fingerprint density at radius 3 is 2.73 bits per heavy atom. The van der Waals surface area contributed by atoms with Crippen LogP contribution in [0.1, 0.15) is 21.7 Å². The fourth-order valence-electron chi connectivity index (χ4n) is 2.53. The number of nitrogens with zero attached hydrogens (tertiary/aromatic N) is 3. The van der Waals surface area contributed by atoms with Gasteiger partial charge in [0.2, 0.25) is 5.84 Å². The van der Waals surface area contributed by atoms with Crippen molar-refractivity contribution in [1.82, 2.24) is 9.97 Å². The van der Waals surface area contributed by atoms with Gasteiger partial charge in [0, 0.05) is 18.0 Å². The monoisotopic (exact) mass is 297 g/mol. The van der Waals surface area contributed by atoms with E-state index in [0.717, 1.165) is 23.8 Å². The number of carboxylic acids is 1. The van der Waals surface area contributed by atoms with Crippen LogP contribution in [0.3, 0.4) is 0 Å². The minimum Gasteiger partial charge on any atom is -0.478 e. The molecule has 112 valence electrons. The Morgan fingerprint density at radius 1 is 1.32 bits per heavy atom. The number of hydrogen-bond acceptors (Lipinski definition) is 3. The van der Waals surface area contributed by atoms with E-state index < -0.39 is 5.97 Å². The summed E-state index contributed by atoms with van der Waals surface area (Å²) in [6, 6.07) is 6.97. The Labute approximate surface area is 128 Å². The predicted octanol–water partition coefficient (Wildman–Crippen LogP) is 2.18. The van der Waals surface area contributed by atoms with E-state index in [9.17, 15) is 4.79 Å². The number of imidazole rings is 1. The summed E-state index contributed by atoms with van der Waals surface area (Å²) in [5.41, 5.74) is 1.36. The number of aromatic nitrogens is 2. The number of hydrogen-bond donors (Lipinski definition) is 2. The first kappa shape index (κ1) is 14.2. The zero-order valence-corrected chi connectivity index (χ0v) is 12.2. The smallest absolute Gasteiger partial charge is 0.335 e. The molecule has 0 radical (unpaired) electrons. The Bertz CT molecular complexity index is 732. The number of carboxylic acid groups (broad SMARTS) is 1. The number of H-pyrrole nitrogens is 1. The van der Waals surface area contributed by atoms with E-state index in [1.807, 2.05) is 24.5 Å². The largest absolute Gasteiger partial charge is 0.478 e. The number of aliphatic imine (C=N–C) groups is 1. The van der Waals surface area contributed by atoms with Gasteiger partial charge in [0.15, 0.2) is 0 Å². The Hall–Kier alpha value is -2.73. The highest BCUT2D eigenvalue weighted by atomic mass is 16.4. The minimum atomic E-state index is -0.909. The Morgan fingerprint density at radius 2 is 2.09 bits per heavy atom. The SMILES string of the molecule is C[N+]1(Cc2ccc(C(=O)O)cc2)C=CN=C1Cc1ncc[nH]1. The molecule has 0 fully saturated rings. The maximum absolute atomic E-state index is 10.9. The Balaban J connectivity index is 1.76. The third-order valence-electron chi connectivity index (χ3n) is 3.80. The van der Waals surface area contributed by atoms with Crippen LogP contribution < -0.4 is 0 Å². The quantitative estimate of drug-likeness (QED) is 0.830. The zero-order chi connectivity index (χ0) is 15.6. The number of rotatable bonds is 5. The molecule has 3 rings (SSSR count). The number of nitrogens with one attached hydrogen (secondary N) is 1. The van der Waals surface area contributed by atoms with Gasteiger partial charge in [-0.05, 0) is 12.1 Å². The van der Waals surface area contributed by atoms with Crippen molar-refractivity contribution in [2.24, 2.45) is 4.99 Å². The molecule has 22 heavy (non-hydrogen) atoms. The molecule has 1 unspecified atom stereocenters. The summed E-state index contributed by atoms with van der Waals surface area (Å²) in [6.45, 7) is 0.718. The highest BCUT2D eigenvalue weighted by Gasteiger charge is 2.31. The number of likely N-dealkylation sites (N-methyl/N-ethyl adjacent to an activating group) is 1. The van der Waals surface area contributed by atoms with Crippen molar-refractivity contribution in [3.63, 3.8) is 0 Å². The molecule has 1 aromatic carbocycles. The van der Waals surface area contributed by atoms with Crippen LogP contribution in [0.2, 0.25) is 0 Å². The number of amidine groups is 1. The fraction of sp³-hybridized carbons (Fsp3) is 0.188. The summed E-state index contributed by atoms with van der Waals surface area (Å²) in [6.07, 6.45) is 8.03. The van der Waals surface area contributed by atoms with Gasteiger partial charge in [-0.15, -0.1) is 0 Å². The molecule has 0 spiro atoms. The number of aromatic amines is 1. The maximum Gasteiger partial charge on any atom is 0.335 e. The van der Waals surface area contributed by atoms with E-state index in [1.165, 1.54) is 0 Å². The van der Waals surface area contributed by atoms with E-state index in [1.54, 1.807) is 24.5 Å². The zero-order valence-electron chi connectivity index (χ0n) is 12.2. The van der Waals surface area contributed by atoms with Crippen molar-refractivity contribution in [2.45, 2.75) is 13.0 Å². The molecule has 0 aliphatic carbocycles. The molecule has 2 N–H and O–H groups in total. The first-order chi connectivity index (χ1) is 10.6. The summed E-state index contributed by atoms with van der Waals surface area (Å²) >= 11 is 0. The molecule has 2 heterocycles. The van der Waals surface area contributed by atoms with Gasteiger partial charge in [-0.1, -0.05) is 12.1 Å². The van der Waals surface area contributed by atoms with E-state index in [2.05, 4.69) is 22.0 Å². The van der Waals surface area contributed by atoms with Crippen molar-refractivity contribution >= 4 is 11.8 Å². The van der Waals surface area contributed by atoms with Gasteiger partial charge < -0.3 is 10.1 Å². The van der Waals surface area contributed by atoms with Crippen molar-refractivity contribution in [3.05, 3.63) is 66.0 Å². The summed E-state index contributed by atoms with van der Waals surface area (Å²) in [5.74, 6) is 0.971.